The third-order valence-electron chi connectivity index (χ3n) is 1.000. The molecule has 0 fully saturated rings. The summed E-state index contributed by atoms with van der Waals surface area (Å²) in [5.41, 5.74) is 0. The molecule has 0 spiro atoms. The molecule has 8 heavy (non-hydrogen) atoms. The van der Waals surface area contributed by atoms with Crippen LogP contribution in [0.3, 0.4) is 0 Å². The van der Waals surface area contributed by atoms with E-state index in [0.717, 1.165) is 0 Å². The van der Waals surface area contributed by atoms with Crippen LogP contribution in [0, 0.1) is 0 Å². The number of hydrogen-bond acceptors (Lipinski definition) is 0. The van der Waals surface area contributed by atoms with Gasteiger partial charge in [-0.05, 0) is 0 Å². The molecule has 0 heterocycles. The van der Waals surface area contributed by atoms with Gasteiger partial charge < -0.3 is 1.43 Å². The topological polar surface area (TPSA) is 0 Å². The second-order valence-corrected chi connectivity index (χ2v) is 8.93. The summed E-state index contributed by atoms with van der Waals surface area (Å²) in [5.74, 6) is 0. The normalized spacial score (nSPS) is 10.5. The van der Waals surface area contributed by atoms with Crippen molar-refractivity contribution >= 4 is 8.07 Å². The maximum atomic E-state index is 2.41. The van der Waals surface area contributed by atoms with Crippen molar-refractivity contribution in [3.05, 3.63) is 0 Å². The van der Waals surface area contributed by atoms with Gasteiger partial charge >= 0.3 is 29.6 Å². The Kier molecular flexibility index (Phi) is 7.52. The molecular weight excluding hydrogens is 123 g/mol. The van der Waals surface area contributed by atoms with Crippen LogP contribution in [0.15, 0.2) is 0 Å². The van der Waals surface area contributed by atoms with Crippen LogP contribution in [0.5, 0.6) is 0 Å². The molecule has 0 aromatic heterocycles. The molecular formula is C6H17NaSi. The van der Waals surface area contributed by atoms with Crippen LogP contribution >= 0.6 is 0 Å². The molecule has 0 radical (unpaired) electrons. The van der Waals surface area contributed by atoms with Crippen molar-refractivity contribution in [2.75, 3.05) is 0 Å². The Morgan fingerprint density at radius 1 is 1.25 bits per heavy atom. The standard InChI is InChI=1S/C6H16Si.Na.H/c1-5-6-7(2,3)4;;/h5-6H2,1-4H3;;/q;+1;-1. The zero-order valence-corrected chi connectivity index (χ0v) is 9.91. The van der Waals surface area contributed by atoms with Gasteiger partial charge in [0.25, 0.3) is 0 Å². The van der Waals surface area contributed by atoms with Crippen LogP contribution in [-0.4, -0.2) is 8.07 Å². The molecule has 0 aliphatic rings. The van der Waals surface area contributed by atoms with E-state index in [0.29, 0.717) is 0 Å². The Balaban J connectivity index is -0.000000180. The molecule has 0 N–H and O–H groups in total. The van der Waals surface area contributed by atoms with Crippen LogP contribution in [0.1, 0.15) is 14.8 Å². The maximum Gasteiger partial charge on any atom is 1.00 e. The zero-order valence-electron chi connectivity index (χ0n) is 7.91. The summed E-state index contributed by atoms with van der Waals surface area (Å²) in [6, 6.07) is 1.48. The summed E-state index contributed by atoms with van der Waals surface area (Å²) >= 11 is 0. The van der Waals surface area contributed by atoms with Gasteiger partial charge in [0.05, 0.1) is 0 Å². The monoisotopic (exact) mass is 140 g/mol. The first-order valence-electron chi connectivity index (χ1n) is 3.06. The van der Waals surface area contributed by atoms with Gasteiger partial charge in [-0.2, -0.15) is 0 Å². The fourth-order valence-corrected chi connectivity index (χ4v) is 2.25. The summed E-state index contributed by atoms with van der Waals surface area (Å²) in [6.45, 7) is 9.50. The predicted octanol–water partition coefficient (Wildman–Crippen LogP) is -0.149. The minimum Gasteiger partial charge on any atom is -1.00 e. The Morgan fingerprint density at radius 2 is 1.62 bits per heavy atom. The van der Waals surface area contributed by atoms with Crippen molar-refractivity contribution in [3.63, 3.8) is 0 Å². The average Bonchev–Trinajstić information content (AvgIpc) is 1.30. The van der Waals surface area contributed by atoms with Gasteiger partial charge in [-0.3, -0.25) is 0 Å². The van der Waals surface area contributed by atoms with Gasteiger partial charge in [0.15, 0.2) is 0 Å². The molecule has 46 valence electrons. The summed E-state index contributed by atoms with van der Waals surface area (Å²) in [6.07, 6.45) is 1.37. The van der Waals surface area contributed by atoms with E-state index in [-0.39, 0.29) is 31.0 Å². The second kappa shape index (κ2) is 5.04. The van der Waals surface area contributed by atoms with Gasteiger partial charge in [0, 0.05) is 8.07 Å². The molecule has 0 saturated carbocycles. The third-order valence-corrected chi connectivity index (χ3v) is 3.00. The smallest absolute Gasteiger partial charge is 1.00 e. The van der Waals surface area contributed by atoms with E-state index in [1.807, 2.05) is 0 Å². The fourth-order valence-electron chi connectivity index (χ4n) is 0.750. The number of rotatable bonds is 2. The molecule has 0 unspecified atom stereocenters. The van der Waals surface area contributed by atoms with Gasteiger partial charge in [-0.1, -0.05) is 39.0 Å². The fraction of sp³-hybridized carbons (Fsp3) is 1.00. The first-order valence-corrected chi connectivity index (χ1v) is 6.77. The number of hydrogen-bond donors (Lipinski definition) is 0. The van der Waals surface area contributed by atoms with Crippen molar-refractivity contribution in [2.24, 2.45) is 0 Å². The minimum absolute atomic E-state index is 0. The summed E-state index contributed by atoms with van der Waals surface area (Å²) in [7, 11) is -0.657. The molecule has 2 heteroatoms. The van der Waals surface area contributed by atoms with E-state index in [1.54, 1.807) is 0 Å². The minimum atomic E-state index is -0.657. The molecule has 0 aliphatic carbocycles. The van der Waals surface area contributed by atoms with Crippen LogP contribution in [0.25, 0.3) is 0 Å². The van der Waals surface area contributed by atoms with E-state index < -0.39 is 8.07 Å². The second-order valence-electron chi connectivity index (χ2n) is 3.31. The predicted molar refractivity (Wildman–Crippen MR) is 39.6 cm³/mol. The largest absolute Gasteiger partial charge is 1.00 e. The van der Waals surface area contributed by atoms with Crippen molar-refractivity contribution in [1.29, 1.82) is 0 Å². The van der Waals surface area contributed by atoms with Gasteiger partial charge in [-0.25, -0.2) is 0 Å². The van der Waals surface area contributed by atoms with Gasteiger partial charge in [-0.15, -0.1) is 0 Å². The first kappa shape index (κ1) is 11.9. The van der Waals surface area contributed by atoms with E-state index in [1.165, 1.54) is 12.5 Å². The maximum absolute atomic E-state index is 2.41. The van der Waals surface area contributed by atoms with Crippen molar-refractivity contribution in [2.45, 2.75) is 39.0 Å². The zero-order chi connectivity index (χ0) is 5.91. The Labute approximate surface area is 77.8 Å². The molecule has 0 nitrogen and oxygen atoms in total. The van der Waals surface area contributed by atoms with Crippen molar-refractivity contribution < 1.29 is 31.0 Å². The Bertz CT molecular complexity index is 51.5. The summed E-state index contributed by atoms with van der Waals surface area (Å²) in [4.78, 5) is 0. The van der Waals surface area contributed by atoms with E-state index in [2.05, 4.69) is 26.6 Å². The van der Waals surface area contributed by atoms with Gasteiger partial charge in [0.2, 0.25) is 0 Å². The van der Waals surface area contributed by atoms with Crippen LogP contribution in [-0.2, 0) is 0 Å². The summed E-state index contributed by atoms with van der Waals surface area (Å²) in [5, 5.41) is 0. The van der Waals surface area contributed by atoms with Crippen LogP contribution in [0.2, 0.25) is 25.7 Å². The quantitative estimate of drug-likeness (QED) is 0.468. The molecule has 0 aromatic carbocycles. The van der Waals surface area contributed by atoms with E-state index in [9.17, 15) is 0 Å². The van der Waals surface area contributed by atoms with E-state index in [4.69, 9.17) is 0 Å². The molecule has 0 saturated heterocycles. The van der Waals surface area contributed by atoms with Crippen molar-refractivity contribution in [3.8, 4) is 0 Å². The Hall–Kier alpha value is 1.22. The molecule has 0 amide bonds. The van der Waals surface area contributed by atoms with Crippen LogP contribution < -0.4 is 29.6 Å². The first-order chi connectivity index (χ1) is 3.06. The molecule has 0 bridgehead atoms. The average molecular weight is 140 g/mol. The molecule has 0 aromatic rings. The van der Waals surface area contributed by atoms with Gasteiger partial charge in [0.1, 0.15) is 0 Å². The molecule has 0 atom stereocenters. The van der Waals surface area contributed by atoms with E-state index >= 15 is 0 Å². The molecule has 0 rings (SSSR count). The van der Waals surface area contributed by atoms with Crippen LogP contribution in [0.4, 0.5) is 0 Å². The molecule has 0 aliphatic heterocycles. The third kappa shape index (κ3) is 10.2. The SMILES string of the molecule is CCC[Si](C)(C)C.[H-].[Na+]. The summed E-state index contributed by atoms with van der Waals surface area (Å²) < 4.78 is 0. The Morgan fingerprint density at radius 3 is 1.62 bits per heavy atom. The van der Waals surface area contributed by atoms with Crippen molar-refractivity contribution in [1.82, 2.24) is 0 Å².